The molecule has 4 atom stereocenters. The van der Waals surface area contributed by atoms with Gasteiger partial charge in [0, 0.05) is 5.69 Å². The van der Waals surface area contributed by atoms with Crippen LogP contribution in [0.25, 0.3) is 0 Å². The van der Waals surface area contributed by atoms with Gasteiger partial charge in [-0.05, 0) is 50.3 Å². The zero-order chi connectivity index (χ0) is 17.4. The Morgan fingerprint density at radius 3 is 2.50 bits per heavy atom. The number of carboxylic acid groups (broad SMARTS) is 1. The molecule has 0 aliphatic heterocycles. The van der Waals surface area contributed by atoms with Crippen LogP contribution >= 0.6 is 11.6 Å². The Kier molecular flexibility index (Phi) is 4.54. The average molecular weight is 350 g/mol. The Hall–Kier alpha value is -2.01. The monoisotopic (exact) mass is 349 g/mol. The topological polar surface area (TPSA) is 75.6 Å². The second-order valence-corrected chi connectivity index (χ2v) is 7.05. The summed E-state index contributed by atoms with van der Waals surface area (Å²) in [7, 11) is 0. The highest BCUT2D eigenvalue weighted by atomic mass is 35.5. The van der Waals surface area contributed by atoms with Crippen LogP contribution in [0.2, 0.25) is 5.02 Å². The summed E-state index contributed by atoms with van der Waals surface area (Å²) in [5, 5.41) is 12.6. The van der Waals surface area contributed by atoms with Crippen molar-refractivity contribution in [2.45, 2.75) is 26.4 Å². The number of carboxylic acids is 1. The quantitative estimate of drug-likeness (QED) is 0.796. The summed E-state index contributed by atoms with van der Waals surface area (Å²) in [6.45, 7) is 3.81. The Morgan fingerprint density at radius 2 is 1.92 bits per heavy atom. The van der Waals surface area contributed by atoms with Gasteiger partial charge < -0.3 is 15.2 Å². The molecule has 24 heavy (non-hydrogen) atoms. The number of fused-ring (bicyclic) bond motifs is 2. The number of aliphatic carboxylic acids is 1. The van der Waals surface area contributed by atoms with E-state index in [1.54, 1.807) is 18.2 Å². The molecule has 1 amide bonds. The van der Waals surface area contributed by atoms with Crippen LogP contribution in [0.3, 0.4) is 0 Å². The van der Waals surface area contributed by atoms with Gasteiger partial charge in [-0.25, -0.2) is 0 Å². The van der Waals surface area contributed by atoms with E-state index in [4.69, 9.17) is 16.3 Å². The lowest BCUT2D eigenvalue weighted by Crippen LogP contribution is -2.36. The molecule has 6 heteroatoms. The molecule has 3 rings (SSSR count). The third kappa shape index (κ3) is 3.13. The van der Waals surface area contributed by atoms with Gasteiger partial charge in [0.05, 0.1) is 23.0 Å². The van der Waals surface area contributed by atoms with Gasteiger partial charge in [-0.2, -0.15) is 0 Å². The van der Waals surface area contributed by atoms with E-state index in [0.717, 1.165) is 6.42 Å². The summed E-state index contributed by atoms with van der Waals surface area (Å²) in [5.41, 5.74) is 0.539. The SMILES string of the molecule is CC(C)Oc1ccc(NC(=O)C2C3C=CC(C3)C2C(=O)O)cc1Cl. The zero-order valence-electron chi connectivity index (χ0n) is 13.5. The maximum Gasteiger partial charge on any atom is 0.307 e. The number of carbonyl (C=O) groups excluding carboxylic acids is 1. The number of amides is 1. The minimum Gasteiger partial charge on any atom is -0.489 e. The van der Waals surface area contributed by atoms with Crippen molar-refractivity contribution in [2.24, 2.45) is 23.7 Å². The molecule has 0 spiro atoms. The van der Waals surface area contributed by atoms with Crippen LogP contribution in [0.4, 0.5) is 5.69 Å². The third-order valence-corrected chi connectivity index (χ3v) is 4.90. The van der Waals surface area contributed by atoms with E-state index in [1.807, 2.05) is 26.0 Å². The number of anilines is 1. The fourth-order valence-electron chi connectivity index (χ4n) is 3.67. The molecule has 1 aromatic rings. The summed E-state index contributed by atoms with van der Waals surface area (Å²) in [6, 6.07) is 5.03. The second kappa shape index (κ2) is 6.48. The molecule has 0 saturated heterocycles. The smallest absolute Gasteiger partial charge is 0.307 e. The number of allylic oxidation sites excluding steroid dienone is 2. The van der Waals surface area contributed by atoms with Gasteiger partial charge in [0.15, 0.2) is 0 Å². The maximum absolute atomic E-state index is 12.6. The largest absolute Gasteiger partial charge is 0.489 e. The lowest BCUT2D eigenvalue weighted by Gasteiger charge is -2.24. The first kappa shape index (κ1) is 16.8. The molecule has 128 valence electrons. The highest BCUT2D eigenvalue weighted by Crippen LogP contribution is 2.48. The number of hydrogen-bond donors (Lipinski definition) is 2. The van der Waals surface area contributed by atoms with Gasteiger partial charge in [-0.3, -0.25) is 9.59 Å². The molecule has 2 N–H and O–H groups in total. The summed E-state index contributed by atoms with van der Waals surface area (Å²) < 4.78 is 5.56. The van der Waals surface area contributed by atoms with E-state index < -0.39 is 17.8 Å². The third-order valence-electron chi connectivity index (χ3n) is 4.61. The molecular formula is C18H20ClNO4. The molecule has 1 aromatic carbocycles. The van der Waals surface area contributed by atoms with Gasteiger partial charge in [0.25, 0.3) is 0 Å². The van der Waals surface area contributed by atoms with Crippen LogP contribution < -0.4 is 10.1 Å². The first-order valence-electron chi connectivity index (χ1n) is 8.05. The van der Waals surface area contributed by atoms with Crippen LogP contribution in [-0.4, -0.2) is 23.1 Å². The van der Waals surface area contributed by atoms with Gasteiger partial charge in [-0.1, -0.05) is 23.8 Å². The average Bonchev–Trinajstić information content (AvgIpc) is 3.10. The summed E-state index contributed by atoms with van der Waals surface area (Å²) in [5.74, 6) is -1.87. The standard InChI is InChI=1S/C18H20ClNO4/c1-9(2)24-14-6-5-12(8-13(14)19)20-17(21)15-10-3-4-11(7-10)16(15)18(22)23/h3-6,8-11,15-16H,7H2,1-2H3,(H,20,21)(H,22,23). The molecular weight excluding hydrogens is 330 g/mol. The van der Waals surface area contributed by atoms with E-state index in [2.05, 4.69) is 5.32 Å². The number of carbonyl (C=O) groups is 2. The van der Waals surface area contributed by atoms with Crippen LogP contribution in [0.15, 0.2) is 30.4 Å². The van der Waals surface area contributed by atoms with Gasteiger partial charge in [0.2, 0.25) is 5.91 Å². The lowest BCUT2D eigenvalue weighted by atomic mass is 9.82. The summed E-state index contributed by atoms with van der Waals surface area (Å²) >= 11 is 6.18. The Labute approximate surface area is 145 Å². The molecule has 5 nitrogen and oxygen atoms in total. The molecule has 2 bridgehead atoms. The van der Waals surface area contributed by atoms with Crippen molar-refractivity contribution in [3.05, 3.63) is 35.4 Å². The first-order valence-corrected chi connectivity index (χ1v) is 8.43. The van der Waals surface area contributed by atoms with Gasteiger partial charge in [-0.15, -0.1) is 0 Å². The number of benzene rings is 1. The number of nitrogens with one attached hydrogen (secondary N) is 1. The number of hydrogen-bond acceptors (Lipinski definition) is 3. The first-order chi connectivity index (χ1) is 11.4. The number of ether oxygens (including phenoxy) is 1. The molecule has 2 aliphatic carbocycles. The summed E-state index contributed by atoms with van der Waals surface area (Å²) in [4.78, 5) is 24.1. The number of halogens is 1. The van der Waals surface area contributed by atoms with Crippen LogP contribution in [0.1, 0.15) is 20.3 Å². The van der Waals surface area contributed by atoms with Gasteiger partial charge >= 0.3 is 5.97 Å². The van der Waals surface area contributed by atoms with E-state index >= 15 is 0 Å². The van der Waals surface area contributed by atoms with Crippen molar-refractivity contribution >= 4 is 29.2 Å². The molecule has 1 fully saturated rings. The highest BCUT2D eigenvalue weighted by molar-refractivity contribution is 6.32. The van der Waals surface area contributed by atoms with E-state index in [9.17, 15) is 14.7 Å². The highest BCUT2D eigenvalue weighted by Gasteiger charge is 2.51. The molecule has 0 radical (unpaired) electrons. The fraction of sp³-hybridized carbons (Fsp3) is 0.444. The molecule has 2 aliphatic rings. The molecule has 4 unspecified atom stereocenters. The van der Waals surface area contributed by atoms with Crippen molar-refractivity contribution in [3.8, 4) is 5.75 Å². The van der Waals surface area contributed by atoms with Gasteiger partial charge in [0.1, 0.15) is 5.75 Å². The predicted molar refractivity (Wildman–Crippen MR) is 91.2 cm³/mol. The Bertz CT molecular complexity index is 700. The van der Waals surface area contributed by atoms with Crippen molar-refractivity contribution in [1.82, 2.24) is 0 Å². The molecule has 0 aromatic heterocycles. The van der Waals surface area contributed by atoms with Crippen molar-refractivity contribution < 1.29 is 19.4 Å². The van der Waals surface area contributed by atoms with Crippen molar-refractivity contribution in [3.63, 3.8) is 0 Å². The minimum atomic E-state index is -0.911. The van der Waals surface area contributed by atoms with Crippen LogP contribution in [0.5, 0.6) is 5.75 Å². The Balaban J connectivity index is 1.74. The van der Waals surface area contributed by atoms with Crippen LogP contribution in [0, 0.1) is 23.7 Å². The van der Waals surface area contributed by atoms with E-state index in [0.29, 0.717) is 16.5 Å². The molecule has 1 saturated carbocycles. The Morgan fingerprint density at radius 1 is 1.25 bits per heavy atom. The van der Waals surface area contributed by atoms with Crippen molar-refractivity contribution in [2.75, 3.05) is 5.32 Å². The van der Waals surface area contributed by atoms with Crippen molar-refractivity contribution in [1.29, 1.82) is 0 Å². The lowest BCUT2D eigenvalue weighted by molar-refractivity contribution is -0.146. The fourth-order valence-corrected chi connectivity index (χ4v) is 3.90. The maximum atomic E-state index is 12.6. The van der Waals surface area contributed by atoms with E-state index in [1.165, 1.54) is 0 Å². The number of rotatable bonds is 5. The zero-order valence-corrected chi connectivity index (χ0v) is 14.3. The van der Waals surface area contributed by atoms with Crippen LogP contribution in [-0.2, 0) is 9.59 Å². The molecule has 0 heterocycles. The second-order valence-electron chi connectivity index (χ2n) is 6.64. The summed E-state index contributed by atoms with van der Waals surface area (Å²) in [6.07, 6.45) is 4.61. The van der Waals surface area contributed by atoms with E-state index in [-0.39, 0.29) is 23.8 Å². The normalized spacial score (nSPS) is 27.5. The minimum absolute atomic E-state index is 0.0000851. The predicted octanol–water partition coefficient (Wildman–Crippen LogP) is 3.59.